The van der Waals surface area contributed by atoms with Gasteiger partial charge in [0.2, 0.25) is 0 Å². The van der Waals surface area contributed by atoms with E-state index < -0.39 is 5.97 Å². The van der Waals surface area contributed by atoms with Crippen LogP contribution in [0.4, 0.5) is 0 Å². The third-order valence-electron chi connectivity index (χ3n) is 8.72. The van der Waals surface area contributed by atoms with Gasteiger partial charge in [0.25, 0.3) is 0 Å². The molecule has 4 saturated carbocycles. The molecular weight excluding hydrogens is 551 g/mol. The lowest BCUT2D eigenvalue weighted by Gasteiger charge is -2.52. The summed E-state index contributed by atoms with van der Waals surface area (Å²) in [6.45, 7) is 0.444. The average molecular weight is 584 g/mol. The summed E-state index contributed by atoms with van der Waals surface area (Å²) in [5, 5.41) is 14.0. The van der Waals surface area contributed by atoms with Gasteiger partial charge in [0.15, 0.2) is 0 Å². The van der Waals surface area contributed by atoms with Crippen LogP contribution < -0.4 is 0 Å². The normalized spacial score (nSPS) is 24.1. The third kappa shape index (κ3) is 5.84. The Balaban J connectivity index is 1.10. The maximum absolute atomic E-state index is 10.6. The fraction of sp³-hybridized carbons (Fsp3) is 0.452. The maximum atomic E-state index is 10.6. The van der Waals surface area contributed by atoms with Gasteiger partial charge in [-0.3, -0.25) is 4.98 Å². The molecule has 7 nitrogen and oxygen atoms in total. The first-order valence-electron chi connectivity index (χ1n) is 13.8. The highest BCUT2D eigenvalue weighted by atomic mass is 35.5. The molecule has 0 spiro atoms. The third-order valence-corrected chi connectivity index (χ3v) is 9.29. The summed E-state index contributed by atoms with van der Waals surface area (Å²) in [4.78, 5) is 14.7. The lowest BCUT2D eigenvalue weighted by Crippen LogP contribution is -2.46. The molecule has 0 amide bonds. The molecule has 0 atom stereocenters. The summed E-state index contributed by atoms with van der Waals surface area (Å²) in [6.07, 6.45) is 16.3. The zero-order valence-electron chi connectivity index (χ0n) is 22.2. The van der Waals surface area contributed by atoms with Crippen LogP contribution >= 0.6 is 23.2 Å². The molecule has 0 aliphatic heterocycles. The van der Waals surface area contributed by atoms with Crippen LogP contribution in [-0.2, 0) is 27.5 Å². The highest BCUT2D eigenvalue weighted by Crippen LogP contribution is 2.55. The number of carboxylic acids is 1. The molecule has 40 heavy (non-hydrogen) atoms. The number of hydrogen-bond acceptors (Lipinski definition) is 6. The molecule has 4 aliphatic rings. The van der Waals surface area contributed by atoms with E-state index in [2.05, 4.69) is 34.4 Å². The molecule has 0 unspecified atom stereocenters. The van der Waals surface area contributed by atoms with Gasteiger partial charge >= 0.3 is 5.97 Å². The summed E-state index contributed by atoms with van der Waals surface area (Å²) in [6, 6.07) is 8.09. The lowest BCUT2D eigenvalue weighted by molar-refractivity contribution is -0.142. The van der Waals surface area contributed by atoms with Gasteiger partial charge in [-0.25, -0.2) is 4.79 Å². The van der Waals surface area contributed by atoms with Crippen LogP contribution in [0.5, 0.6) is 0 Å². The highest BCUT2D eigenvalue weighted by molar-refractivity contribution is 6.38. The monoisotopic (exact) mass is 582 g/mol. The van der Waals surface area contributed by atoms with Crippen molar-refractivity contribution in [1.82, 2.24) is 10.1 Å². The van der Waals surface area contributed by atoms with Gasteiger partial charge in [-0.15, -0.1) is 0 Å². The van der Waals surface area contributed by atoms with Crippen molar-refractivity contribution in [3.05, 3.63) is 75.2 Å². The molecular formula is C31H32Cl2N2O5. The lowest BCUT2D eigenvalue weighted by atomic mass is 9.58. The summed E-state index contributed by atoms with van der Waals surface area (Å²) in [5.41, 5.74) is 4.45. The second kappa shape index (κ2) is 11.3. The number of benzene rings is 1. The number of hydrogen-bond donors (Lipinski definition) is 1. The highest BCUT2D eigenvalue weighted by Gasteiger charge is 2.48. The Bertz CT molecular complexity index is 1370. The van der Waals surface area contributed by atoms with E-state index in [-0.39, 0.29) is 17.6 Å². The number of carbonyl (C=O) groups is 1. The molecule has 7 rings (SSSR count). The van der Waals surface area contributed by atoms with Crippen LogP contribution in [0.2, 0.25) is 10.0 Å². The van der Waals surface area contributed by atoms with Crippen LogP contribution in [0.1, 0.15) is 79.7 Å². The van der Waals surface area contributed by atoms with Crippen molar-refractivity contribution in [3.63, 3.8) is 0 Å². The molecule has 4 aliphatic carbocycles. The summed E-state index contributed by atoms with van der Waals surface area (Å²) in [7, 11) is 0. The van der Waals surface area contributed by atoms with Crippen molar-refractivity contribution in [2.24, 2.45) is 5.41 Å². The van der Waals surface area contributed by atoms with Crippen molar-refractivity contribution in [2.45, 2.75) is 76.1 Å². The number of halogens is 2. The number of ether oxygens (including phenoxy) is 2. The van der Waals surface area contributed by atoms with E-state index in [1.807, 2.05) is 12.1 Å². The molecule has 3 aromatic rings. The first kappa shape index (κ1) is 27.5. The SMILES string of the molecule is O=C(O)COCc1ccc(C=CC23CCC(OCc4c(-c5c(Cl)cncc5Cl)noc4C4CC4)(CC2)CC3)cc1. The van der Waals surface area contributed by atoms with Gasteiger partial charge < -0.3 is 19.1 Å². The average Bonchev–Trinajstić information content (AvgIpc) is 3.72. The van der Waals surface area contributed by atoms with Gasteiger partial charge in [0.1, 0.15) is 18.1 Å². The Morgan fingerprint density at radius 1 is 1.02 bits per heavy atom. The largest absolute Gasteiger partial charge is 0.480 e. The van der Waals surface area contributed by atoms with E-state index in [0.717, 1.165) is 73.8 Å². The molecule has 4 fully saturated rings. The minimum Gasteiger partial charge on any atom is -0.480 e. The van der Waals surface area contributed by atoms with Gasteiger partial charge in [0, 0.05) is 29.4 Å². The molecule has 0 saturated heterocycles. The first-order chi connectivity index (χ1) is 19.4. The molecule has 9 heteroatoms. The van der Waals surface area contributed by atoms with Crippen LogP contribution in [0.3, 0.4) is 0 Å². The predicted molar refractivity (Wildman–Crippen MR) is 152 cm³/mol. The van der Waals surface area contributed by atoms with Gasteiger partial charge in [0.05, 0.1) is 28.9 Å². The standard InChI is InChI=1S/C31H32Cl2N2O5/c32-24-15-34-16-25(33)27(24)28-23(29(40-35-28)22-5-6-22)18-39-31-12-9-30(10-13-31,11-14-31)8-7-20-1-3-21(4-2-20)17-38-19-26(36)37/h1-4,7-8,15-16,22H,5-6,9-14,17-19H2,(H,36,37). The molecule has 210 valence electrons. The fourth-order valence-corrected chi connectivity index (χ4v) is 6.63. The number of nitrogens with zero attached hydrogens (tertiary/aromatic N) is 2. The van der Waals surface area contributed by atoms with E-state index in [4.69, 9.17) is 42.3 Å². The topological polar surface area (TPSA) is 94.7 Å². The van der Waals surface area contributed by atoms with Crippen LogP contribution in [0, 0.1) is 5.41 Å². The second-order valence-electron chi connectivity index (χ2n) is 11.4. The fourth-order valence-electron chi connectivity index (χ4n) is 6.09. The number of carboxylic acid groups (broad SMARTS) is 1. The van der Waals surface area contributed by atoms with E-state index in [1.165, 1.54) is 0 Å². The maximum Gasteiger partial charge on any atom is 0.329 e. The van der Waals surface area contributed by atoms with E-state index in [0.29, 0.717) is 40.4 Å². The van der Waals surface area contributed by atoms with Gasteiger partial charge in [-0.2, -0.15) is 0 Å². The Hall–Kier alpha value is -2.71. The zero-order chi connectivity index (χ0) is 27.7. The van der Waals surface area contributed by atoms with Crippen LogP contribution in [0.25, 0.3) is 17.3 Å². The van der Waals surface area contributed by atoms with E-state index in [1.54, 1.807) is 12.4 Å². The molecule has 2 heterocycles. The number of aliphatic carboxylic acids is 1. The van der Waals surface area contributed by atoms with Crippen LogP contribution in [-0.4, -0.2) is 33.4 Å². The van der Waals surface area contributed by atoms with Crippen molar-refractivity contribution in [2.75, 3.05) is 6.61 Å². The molecule has 2 bridgehead atoms. The number of pyridine rings is 1. The van der Waals surface area contributed by atoms with Gasteiger partial charge in [-0.1, -0.05) is 64.8 Å². The molecule has 0 radical (unpaired) electrons. The minimum atomic E-state index is -0.959. The molecule has 1 N–H and O–H groups in total. The second-order valence-corrected chi connectivity index (χ2v) is 12.2. The van der Waals surface area contributed by atoms with Crippen LogP contribution in [0.15, 0.2) is 47.3 Å². The van der Waals surface area contributed by atoms with Crippen molar-refractivity contribution >= 4 is 35.2 Å². The summed E-state index contributed by atoms with van der Waals surface area (Å²) in [5.74, 6) is 0.330. The number of rotatable bonds is 11. The smallest absolute Gasteiger partial charge is 0.329 e. The Labute approximate surface area is 243 Å². The predicted octanol–water partition coefficient (Wildman–Crippen LogP) is 7.85. The number of fused-ring (bicyclic) bond motifs is 3. The van der Waals surface area contributed by atoms with E-state index in [9.17, 15) is 4.79 Å². The van der Waals surface area contributed by atoms with Gasteiger partial charge in [-0.05, 0) is 67.9 Å². The number of aromatic nitrogens is 2. The van der Waals surface area contributed by atoms with Crippen molar-refractivity contribution in [3.8, 4) is 11.3 Å². The van der Waals surface area contributed by atoms with E-state index >= 15 is 0 Å². The van der Waals surface area contributed by atoms with Crippen molar-refractivity contribution in [1.29, 1.82) is 0 Å². The minimum absolute atomic E-state index is 0.131. The summed E-state index contributed by atoms with van der Waals surface area (Å²) < 4.78 is 17.8. The van der Waals surface area contributed by atoms with Crippen molar-refractivity contribution < 1.29 is 23.9 Å². The molecule has 2 aromatic heterocycles. The first-order valence-corrected chi connectivity index (χ1v) is 14.6. The number of allylic oxidation sites excluding steroid dienone is 1. The molecule has 1 aromatic carbocycles. The quantitative estimate of drug-likeness (QED) is 0.246. The zero-order valence-corrected chi connectivity index (χ0v) is 23.7. The summed E-state index contributed by atoms with van der Waals surface area (Å²) >= 11 is 13.0. The Morgan fingerprint density at radius 2 is 1.70 bits per heavy atom. The Kier molecular flexibility index (Phi) is 7.75. The Morgan fingerprint density at radius 3 is 2.33 bits per heavy atom.